The van der Waals surface area contributed by atoms with Crippen molar-refractivity contribution in [3.05, 3.63) is 0 Å². The maximum atomic E-state index is 11.3. The molecule has 5 nitrogen and oxygen atoms in total. The smallest absolute Gasteiger partial charge is 0.307 e. The van der Waals surface area contributed by atoms with Crippen LogP contribution in [0.5, 0.6) is 0 Å². The van der Waals surface area contributed by atoms with Crippen LogP contribution < -0.4 is 0 Å². The summed E-state index contributed by atoms with van der Waals surface area (Å²) < 4.78 is 4.54. The van der Waals surface area contributed by atoms with Gasteiger partial charge in [0.1, 0.15) is 0 Å². The Morgan fingerprint density at radius 1 is 1.12 bits per heavy atom. The van der Waals surface area contributed by atoms with E-state index in [9.17, 15) is 9.59 Å². The Kier molecular flexibility index (Phi) is 7.54. The molecule has 0 unspecified atom stereocenters. The van der Waals surface area contributed by atoms with Crippen LogP contribution in [-0.2, 0) is 14.3 Å². The third-order valence-electron chi connectivity index (χ3n) is 2.29. The van der Waals surface area contributed by atoms with Crippen LogP contribution in [0.1, 0.15) is 19.8 Å². The highest BCUT2D eigenvalue weighted by Gasteiger charge is 2.10. The zero-order chi connectivity index (χ0) is 12.6. The number of carbonyl (C=O) groups excluding carboxylic acids is 2. The van der Waals surface area contributed by atoms with Crippen LogP contribution in [-0.4, -0.2) is 62.5 Å². The van der Waals surface area contributed by atoms with Gasteiger partial charge in [0.15, 0.2) is 0 Å². The van der Waals surface area contributed by atoms with E-state index in [0.29, 0.717) is 13.1 Å². The summed E-state index contributed by atoms with van der Waals surface area (Å²) in [6, 6.07) is 0. The van der Waals surface area contributed by atoms with Crippen molar-refractivity contribution < 1.29 is 14.3 Å². The Balaban J connectivity index is 3.89. The van der Waals surface area contributed by atoms with Crippen molar-refractivity contribution in [1.82, 2.24) is 9.80 Å². The van der Waals surface area contributed by atoms with E-state index in [-0.39, 0.29) is 18.3 Å². The Labute approximate surface area is 97.3 Å². The van der Waals surface area contributed by atoms with Gasteiger partial charge < -0.3 is 14.5 Å². The number of ether oxygens (including phenoxy) is 1. The minimum atomic E-state index is -0.279. The molecule has 0 atom stereocenters. The van der Waals surface area contributed by atoms with Gasteiger partial charge in [0, 0.05) is 20.0 Å². The van der Waals surface area contributed by atoms with Gasteiger partial charge in [-0.1, -0.05) is 0 Å². The first-order chi connectivity index (χ1) is 7.47. The molecule has 0 spiro atoms. The van der Waals surface area contributed by atoms with Crippen molar-refractivity contribution >= 4 is 11.9 Å². The number of esters is 1. The predicted molar refractivity (Wildman–Crippen MR) is 62.1 cm³/mol. The predicted octanol–water partition coefficient (Wildman–Crippen LogP) is 0.350. The number of hydrogen-bond donors (Lipinski definition) is 0. The first kappa shape index (κ1) is 14.9. The molecule has 0 heterocycles. The number of carbonyl (C=O) groups is 2. The van der Waals surface area contributed by atoms with Crippen LogP contribution in [0, 0.1) is 0 Å². The van der Waals surface area contributed by atoms with Crippen molar-refractivity contribution in [2.24, 2.45) is 0 Å². The molecule has 0 saturated carbocycles. The summed E-state index contributed by atoms with van der Waals surface area (Å²) >= 11 is 0. The number of hydrogen-bond acceptors (Lipinski definition) is 4. The quantitative estimate of drug-likeness (QED) is 0.592. The van der Waals surface area contributed by atoms with Crippen LogP contribution in [0.15, 0.2) is 0 Å². The minimum Gasteiger partial charge on any atom is -0.469 e. The Morgan fingerprint density at radius 2 is 1.75 bits per heavy atom. The summed E-state index contributed by atoms with van der Waals surface area (Å²) in [6.45, 7) is 3.58. The topological polar surface area (TPSA) is 49.9 Å². The highest BCUT2D eigenvalue weighted by molar-refractivity contribution is 5.74. The summed E-state index contributed by atoms with van der Waals surface area (Å²) in [5, 5.41) is 0. The molecule has 0 aromatic rings. The average Bonchev–Trinajstić information content (AvgIpc) is 2.21. The zero-order valence-electron chi connectivity index (χ0n) is 10.7. The van der Waals surface area contributed by atoms with Crippen molar-refractivity contribution in [3.63, 3.8) is 0 Å². The van der Waals surface area contributed by atoms with Gasteiger partial charge in [0.2, 0.25) is 5.91 Å². The number of nitrogens with zero attached hydrogens (tertiary/aromatic N) is 2. The second-order valence-electron chi connectivity index (χ2n) is 3.99. The third-order valence-corrected chi connectivity index (χ3v) is 2.29. The van der Waals surface area contributed by atoms with Gasteiger partial charge in [-0.2, -0.15) is 0 Å². The Morgan fingerprint density at radius 3 is 2.19 bits per heavy atom. The Hall–Kier alpha value is -1.10. The summed E-state index contributed by atoms with van der Waals surface area (Å²) in [5.41, 5.74) is 0. The molecule has 0 aliphatic heterocycles. The Bertz CT molecular complexity index is 229. The van der Waals surface area contributed by atoms with Crippen LogP contribution in [0.25, 0.3) is 0 Å². The summed E-state index contributed by atoms with van der Waals surface area (Å²) in [6.07, 6.45) is 1.17. The van der Waals surface area contributed by atoms with E-state index in [1.54, 1.807) is 4.90 Å². The van der Waals surface area contributed by atoms with Crippen LogP contribution >= 0.6 is 0 Å². The van der Waals surface area contributed by atoms with E-state index in [0.717, 1.165) is 13.0 Å². The van der Waals surface area contributed by atoms with E-state index in [1.807, 2.05) is 14.1 Å². The lowest BCUT2D eigenvalue weighted by Gasteiger charge is -2.21. The molecule has 0 aliphatic rings. The molecule has 5 heteroatoms. The third kappa shape index (κ3) is 7.23. The van der Waals surface area contributed by atoms with Crippen LogP contribution in [0.4, 0.5) is 0 Å². The fraction of sp³-hybridized carbons (Fsp3) is 0.818. The molecular weight excluding hydrogens is 208 g/mol. The molecule has 1 amide bonds. The molecule has 0 aliphatic carbocycles. The van der Waals surface area contributed by atoms with Gasteiger partial charge >= 0.3 is 5.97 Å². The molecule has 0 fully saturated rings. The fourth-order valence-corrected chi connectivity index (χ4v) is 1.33. The summed E-state index contributed by atoms with van der Waals surface area (Å²) in [4.78, 5) is 26.0. The first-order valence-electron chi connectivity index (χ1n) is 5.44. The van der Waals surface area contributed by atoms with Gasteiger partial charge in [-0.05, 0) is 27.1 Å². The van der Waals surface area contributed by atoms with Crippen molar-refractivity contribution in [2.45, 2.75) is 19.8 Å². The molecule has 0 N–H and O–H groups in total. The summed E-state index contributed by atoms with van der Waals surface area (Å²) in [7, 11) is 5.34. The normalized spacial score (nSPS) is 10.3. The van der Waals surface area contributed by atoms with Crippen molar-refractivity contribution in [3.8, 4) is 0 Å². The molecular formula is C11H22N2O3. The van der Waals surface area contributed by atoms with Gasteiger partial charge in [0.25, 0.3) is 0 Å². The highest BCUT2D eigenvalue weighted by Crippen LogP contribution is 1.97. The van der Waals surface area contributed by atoms with E-state index in [1.165, 1.54) is 14.0 Å². The lowest BCUT2D eigenvalue weighted by molar-refractivity contribution is -0.141. The SMILES string of the molecule is COC(=O)CCN(CCCN(C)C)C(C)=O. The highest BCUT2D eigenvalue weighted by atomic mass is 16.5. The molecule has 0 aromatic carbocycles. The van der Waals surface area contributed by atoms with Crippen molar-refractivity contribution in [1.29, 1.82) is 0 Å². The second-order valence-corrected chi connectivity index (χ2v) is 3.99. The number of amides is 1. The molecule has 0 radical (unpaired) electrons. The maximum absolute atomic E-state index is 11.3. The number of rotatable bonds is 7. The van der Waals surface area contributed by atoms with Gasteiger partial charge in [-0.15, -0.1) is 0 Å². The maximum Gasteiger partial charge on any atom is 0.307 e. The lowest BCUT2D eigenvalue weighted by atomic mass is 10.3. The molecule has 0 saturated heterocycles. The molecule has 0 rings (SSSR count). The molecule has 94 valence electrons. The molecule has 0 aromatic heterocycles. The van der Waals surface area contributed by atoms with Gasteiger partial charge in [0.05, 0.1) is 13.5 Å². The van der Waals surface area contributed by atoms with E-state index in [2.05, 4.69) is 9.64 Å². The van der Waals surface area contributed by atoms with E-state index in [4.69, 9.17) is 0 Å². The zero-order valence-corrected chi connectivity index (χ0v) is 10.7. The fourth-order valence-electron chi connectivity index (χ4n) is 1.33. The number of methoxy groups -OCH3 is 1. The second kappa shape index (κ2) is 8.10. The summed E-state index contributed by atoms with van der Waals surface area (Å²) in [5.74, 6) is -0.276. The van der Waals surface area contributed by atoms with Crippen LogP contribution in [0.3, 0.4) is 0 Å². The standard InChI is InChI=1S/C11H22N2O3/c1-10(14)13(8-5-7-12(2)3)9-6-11(15)16-4/h5-9H2,1-4H3. The monoisotopic (exact) mass is 230 g/mol. The largest absolute Gasteiger partial charge is 0.469 e. The lowest BCUT2D eigenvalue weighted by Crippen LogP contribution is -2.33. The van der Waals surface area contributed by atoms with E-state index >= 15 is 0 Å². The minimum absolute atomic E-state index is 0.00246. The average molecular weight is 230 g/mol. The van der Waals surface area contributed by atoms with Crippen molar-refractivity contribution in [2.75, 3.05) is 40.8 Å². The van der Waals surface area contributed by atoms with Crippen LogP contribution in [0.2, 0.25) is 0 Å². The molecule has 16 heavy (non-hydrogen) atoms. The molecule has 0 bridgehead atoms. The van der Waals surface area contributed by atoms with E-state index < -0.39 is 0 Å². The van der Waals surface area contributed by atoms with Gasteiger partial charge in [-0.3, -0.25) is 9.59 Å². The first-order valence-corrected chi connectivity index (χ1v) is 5.44. The van der Waals surface area contributed by atoms with Gasteiger partial charge in [-0.25, -0.2) is 0 Å².